The van der Waals surface area contributed by atoms with Crippen molar-refractivity contribution in [3.8, 4) is 0 Å². The van der Waals surface area contributed by atoms with Gasteiger partial charge in [0.1, 0.15) is 30.5 Å². The summed E-state index contributed by atoms with van der Waals surface area (Å²) in [5.41, 5.74) is 0. The average molecular weight is 979 g/mol. The zero-order valence-electron chi connectivity index (χ0n) is 42.1. The molecule has 0 saturated carbocycles. The van der Waals surface area contributed by atoms with Crippen LogP contribution >= 0.6 is 0 Å². The maximum Gasteiger partial charge on any atom is 0.397 e. The molecule has 0 radical (unpaired) electrons. The van der Waals surface area contributed by atoms with E-state index in [1.54, 1.807) is 0 Å². The van der Waals surface area contributed by atoms with Gasteiger partial charge in [-0.3, -0.25) is 9.35 Å². The van der Waals surface area contributed by atoms with Crippen LogP contribution in [0.2, 0.25) is 0 Å². The van der Waals surface area contributed by atoms with Crippen LogP contribution in [-0.4, -0.2) is 97.5 Å². The van der Waals surface area contributed by atoms with Crippen LogP contribution in [-0.2, 0) is 38.3 Å². The number of carbonyl (C=O) groups excluding carboxylic acids is 1. The van der Waals surface area contributed by atoms with E-state index in [4.69, 9.17) is 18.9 Å². The van der Waals surface area contributed by atoms with E-state index in [9.17, 15) is 33.1 Å². The van der Waals surface area contributed by atoms with Gasteiger partial charge < -0.3 is 34.3 Å². The highest BCUT2D eigenvalue weighted by atomic mass is 32.3. The number of aliphatic hydroxyl groups is 3. The van der Waals surface area contributed by atoms with Crippen LogP contribution in [0.15, 0.2) is 85.1 Å². The van der Waals surface area contributed by atoms with Crippen LogP contribution in [0.25, 0.3) is 0 Å². The Morgan fingerprint density at radius 1 is 0.574 bits per heavy atom. The first-order valence-electron chi connectivity index (χ1n) is 26.3. The van der Waals surface area contributed by atoms with E-state index >= 15 is 0 Å². The molecule has 0 amide bonds. The summed E-state index contributed by atoms with van der Waals surface area (Å²) < 4.78 is 59.3. The van der Waals surface area contributed by atoms with Gasteiger partial charge >= 0.3 is 16.4 Å². The second kappa shape index (κ2) is 45.4. The number of ether oxygens (including phenoxy) is 4. The molecule has 0 aliphatic carbocycles. The van der Waals surface area contributed by atoms with Gasteiger partial charge in [-0.25, -0.2) is 4.18 Å². The lowest BCUT2D eigenvalue weighted by Crippen LogP contribution is -2.60. The molecule has 0 spiro atoms. The van der Waals surface area contributed by atoms with Gasteiger partial charge in [0.05, 0.1) is 19.8 Å². The van der Waals surface area contributed by atoms with Crippen molar-refractivity contribution in [3.63, 3.8) is 0 Å². The number of allylic oxidation sites excluding steroid dienone is 14. The molecule has 1 heterocycles. The monoisotopic (exact) mass is 979 g/mol. The minimum Gasteiger partial charge on any atom is -0.457 e. The van der Waals surface area contributed by atoms with Gasteiger partial charge in [-0.05, 0) is 89.9 Å². The van der Waals surface area contributed by atoms with Crippen molar-refractivity contribution in [2.75, 3.05) is 26.4 Å². The third kappa shape index (κ3) is 38.1. The van der Waals surface area contributed by atoms with Gasteiger partial charge in [-0.2, -0.15) is 8.42 Å². The number of hydrogen-bond acceptors (Lipinski definition) is 11. The Morgan fingerprint density at radius 2 is 1.01 bits per heavy atom. The van der Waals surface area contributed by atoms with E-state index in [1.807, 2.05) is 0 Å². The summed E-state index contributed by atoms with van der Waals surface area (Å²) in [5, 5.41) is 30.8. The van der Waals surface area contributed by atoms with Crippen LogP contribution in [0.5, 0.6) is 0 Å². The Morgan fingerprint density at radius 3 is 1.49 bits per heavy atom. The number of esters is 1. The fourth-order valence-corrected chi connectivity index (χ4v) is 8.06. The number of hydrogen-bond donors (Lipinski definition) is 4. The molecule has 0 bridgehead atoms. The molecule has 1 fully saturated rings. The molecule has 392 valence electrons. The average Bonchev–Trinajstić information content (AvgIpc) is 3.31. The first-order valence-corrected chi connectivity index (χ1v) is 27.7. The number of aliphatic hydroxyl groups excluding tert-OH is 3. The lowest BCUT2D eigenvalue weighted by Gasteiger charge is -2.41. The van der Waals surface area contributed by atoms with E-state index in [-0.39, 0.29) is 19.6 Å². The molecule has 1 saturated heterocycles. The zero-order chi connectivity index (χ0) is 49.6. The van der Waals surface area contributed by atoms with Crippen LogP contribution in [0.3, 0.4) is 0 Å². The Labute approximate surface area is 413 Å². The van der Waals surface area contributed by atoms with Crippen LogP contribution in [0.4, 0.5) is 0 Å². The maximum atomic E-state index is 12.9. The van der Waals surface area contributed by atoms with Crippen LogP contribution < -0.4 is 0 Å². The third-order valence-electron chi connectivity index (χ3n) is 11.5. The SMILES string of the molecule is CC/C=C\C/C=C\C/C=C\C/C=C\CCCCCCCOCC(COC1OC(CO)C(O)C(OS(=O)(=O)O)C1O)OC(=O)CCCCCCCCCC/C=C\C/C=C\C/C=C\CCCCCCC. The molecule has 68 heavy (non-hydrogen) atoms. The zero-order valence-corrected chi connectivity index (χ0v) is 43.0. The predicted molar refractivity (Wildman–Crippen MR) is 275 cm³/mol. The molecule has 1 rings (SSSR count). The summed E-state index contributed by atoms with van der Waals surface area (Å²) in [7, 11) is -5.07. The van der Waals surface area contributed by atoms with Gasteiger partial charge in [-0.15, -0.1) is 0 Å². The molecule has 0 aromatic rings. The largest absolute Gasteiger partial charge is 0.457 e. The molecule has 12 nitrogen and oxygen atoms in total. The lowest BCUT2D eigenvalue weighted by atomic mass is 9.99. The van der Waals surface area contributed by atoms with Crippen molar-refractivity contribution in [3.05, 3.63) is 85.1 Å². The van der Waals surface area contributed by atoms with Crippen molar-refractivity contribution >= 4 is 16.4 Å². The number of rotatable bonds is 45. The highest BCUT2D eigenvalue weighted by Gasteiger charge is 2.48. The Kier molecular flexibility index (Phi) is 42.3. The third-order valence-corrected chi connectivity index (χ3v) is 12.0. The standard InChI is InChI=1S/C55H94O12S/c1-3-5-7-9-11-13-15-17-19-21-23-24-25-26-27-28-30-32-34-36-38-40-42-44-51(57)65-49(48-64-55-53(59)54(67-68(60,61)62)52(58)50(46-56)66-55)47-63-45-43-41-39-37-35-33-31-29-22-20-18-16-14-12-10-8-6-4-2/h6,8,12,14-15,17-18,20-21,23,25-26,29,31,49-50,52-56,58-59H,3-5,7,9-11,13,16,19,22,24,27-28,30,32-48H2,1-2H3,(H,60,61,62)/b8-6-,14-12-,17-15-,20-18-,23-21-,26-25-,31-29-. The quantitative estimate of drug-likeness (QED) is 0.0197. The molecular weight excluding hydrogens is 885 g/mol. The minimum absolute atomic E-state index is 0.0153. The summed E-state index contributed by atoms with van der Waals surface area (Å²) in [5.74, 6) is -0.416. The highest BCUT2D eigenvalue weighted by molar-refractivity contribution is 7.80. The van der Waals surface area contributed by atoms with Gasteiger partial charge in [0.25, 0.3) is 0 Å². The topological polar surface area (TPSA) is 178 Å². The van der Waals surface area contributed by atoms with E-state index in [0.717, 1.165) is 103 Å². The molecule has 6 atom stereocenters. The summed E-state index contributed by atoms with van der Waals surface area (Å²) in [6.45, 7) is 3.81. The van der Waals surface area contributed by atoms with E-state index < -0.39 is 59.8 Å². The molecule has 1 aliphatic rings. The van der Waals surface area contributed by atoms with E-state index in [2.05, 4.69) is 103 Å². The van der Waals surface area contributed by atoms with E-state index in [0.29, 0.717) is 13.0 Å². The fraction of sp³-hybridized carbons (Fsp3) is 0.727. The van der Waals surface area contributed by atoms with Crippen molar-refractivity contribution in [1.29, 1.82) is 0 Å². The van der Waals surface area contributed by atoms with Crippen LogP contribution in [0, 0.1) is 0 Å². The normalized spacial score (nSPS) is 20.0. The van der Waals surface area contributed by atoms with Gasteiger partial charge in [0, 0.05) is 13.0 Å². The summed E-state index contributed by atoms with van der Waals surface area (Å²) in [6, 6.07) is 0. The second-order valence-corrected chi connectivity index (χ2v) is 18.8. The van der Waals surface area contributed by atoms with Crippen LogP contribution in [0.1, 0.15) is 194 Å². The fourth-order valence-electron chi connectivity index (χ4n) is 7.55. The number of unbranched alkanes of at least 4 members (excludes halogenated alkanes) is 18. The smallest absolute Gasteiger partial charge is 0.397 e. The summed E-state index contributed by atoms with van der Waals surface area (Å²) in [6.07, 6.45) is 51.8. The maximum absolute atomic E-state index is 12.9. The van der Waals surface area contributed by atoms with Crippen molar-refractivity contribution in [2.24, 2.45) is 0 Å². The van der Waals surface area contributed by atoms with E-state index in [1.165, 1.54) is 64.2 Å². The number of carbonyl (C=O) groups is 1. The summed E-state index contributed by atoms with van der Waals surface area (Å²) in [4.78, 5) is 12.9. The molecule has 4 N–H and O–H groups in total. The van der Waals surface area contributed by atoms with Gasteiger partial charge in [0.2, 0.25) is 0 Å². The molecule has 6 unspecified atom stereocenters. The lowest BCUT2D eigenvalue weighted by molar-refractivity contribution is -0.301. The Hall–Kier alpha value is -2.72. The minimum atomic E-state index is -5.07. The Bertz CT molecular complexity index is 1500. The molecule has 13 heteroatoms. The van der Waals surface area contributed by atoms with Crippen molar-refractivity contribution < 1.29 is 56.2 Å². The van der Waals surface area contributed by atoms with Crippen molar-refractivity contribution in [1.82, 2.24) is 0 Å². The molecule has 0 aromatic carbocycles. The molecule has 1 aliphatic heterocycles. The molecule has 0 aromatic heterocycles. The first kappa shape index (κ1) is 63.3. The van der Waals surface area contributed by atoms with Gasteiger partial charge in [-0.1, -0.05) is 182 Å². The van der Waals surface area contributed by atoms with Gasteiger partial charge in [0.15, 0.2) is 6.29 Å². The predicted octanol–water partition coefficient (Wildman–Crippen LogP) is 12.4. The van der Waals surface area contributed by atoms with Crippen molar-refractivity contribution in [2.45, 2.75) is 230 Å². The summed E-state index contributed by atoms with van der Waals surface area (Å²) >= 11 is 0. The Balaban J connectivity index is 2.38. The first-order chi connectivity index (χ1) is 33.1. The second-order valence-electron chi connectivity index (χ2n) is 17.7. The molecular formula is C55H94O12S. The highest BCUT2D eigenvalue weighted by Crippen LogP contribution is 2.26.